The van der Waals surface area contributed by atoms with Gasteiger partial charge in [-0.05, 0) is 80.8 Å². The van der Waals surface area contributed by atoms with E-state index in [2.05, 4.69) is 5.32 Å². The molecule has 7 nitrogen and oxygen atoms in total. The fourth-order valence-corrected chi connectivity index (χ4v) is 5.75. The van der Waals surface area contributed by atoms with Crippen molar-refractivity contribution in [3.05, 3.63) is 88.4 Å². The zero-order valence-electron chi connectivity index (χ0n) is 20.2. The second kappa shape index (κ2) is 9.95. The number of fused-ring (bicyclic) bond motifs is 1. The average molecular weight is 527 g/mol. The zero-order valence-corrected chi connectivity index (χ0v) is 21.8. The number of rotatable bonds is 6. The van der Waals surface area contributed by atoms with E-state index in [1.54, 1.807) is 54.6 Å². The van der Waals surface area contributed by atoms with Crippen molar-refractivity contribution in [3.8, 4) is 0 Å². The van der Waals surface area contributed by atoms with Crippen LogP contribution in [0.15, 0.2) is 71.6 Å². The molecule has 0 unspecified atom stereocenters. The maximum atomic E-state index is 13.2. The number of halogens is 1. The van der Waals surface area contributed by atoms with E-state index in [9.17, 15) is 18.0 Å². The van der Waals surface area contributed by atoms with Crippen LogP contribution in [-0.4, -0.2) is 32.4 Å². The van der Waals surface area contributed by atoms with E-state index in [0.717, 1.165) is 11.1 Å². The zero-order chi connectivity index (χ0) is 26.1. The molecular weight excluding hydrogens is 500 g/mol. The van der Waals surface area contributed by atoms with Crippen LogP contribution in [0.4, 0.5) is 11.4 Å². The molecule has 1 N–H and O–H groups in total. The molecule has 0 aliphatic carbocycles. The van der Waals surface area contributed by atoms with E-state index in [4.69, 9.17) is 16.3 Å². The maximum Gasteiger partial charge on any atom is 0.310 e. The fraction of sp³-hybridized carbons (Fsp3) is 0.259. The summed E-state index contributed by atoms with van der Waals surface area (Å²) < 4.78 is 33.1. The summed E-state index contributed by atoms with van der Waals surface area (Å²) in [5, 5.41) is 3.15. The minimum Gasteiger partial charge on any atom is -0.460 e. The molecule has 3 aromatic rings. The van der Waals surface area contributed by atoms with Gasteiger partial charge < -0.3 is 10.1 Å². The Morgan fingerprint density at radius 2 is 1.75 bits per heavy atom. The molecule has 1 amide bonds. The van der Waals surface area contributed by atoms with Gasteiger partial charge in [0.1, 0.15) is 5.60 Å². The third-order valence-electron chi connectivity index (χ3n) is 5.56. The number of sulfonamides is 1. The van der Waals surface area contributed by atoms with Crippen LogP contribution in [0, 0.1) is 0 Å². The number of nitrogens with zero attached hydrogens (tertiary/aromatic N) is 1. The number of hydrogen-bond donors (Lipinski definition) is 1. The Balaban J connectivity index is 1.48. The SMILES string of the molecule is CC(C)(C)OC(=O)Cc1ccc(NC(=O)c2ccc3c(c2)N(S(=O)(=O)c2cccc(Cl)c2)CC3)cc1. The van der Waals surface area contributed by atoms with E-state index in [1.165, 1.54) is 16.4 Å². The third-order valence-corrected chi connectivity index (χ3v) is 7.61. The molecule has 0 saturated heterocycles. The number of amides is 1. The summed E-state index contributed by atoms with van der Waals surface area (Å²) in [5.41, 5.74) is 2.43. The Morgan fingerprint density at radius 3 is 2.42 bits per heavy atom. The summed E-state index contributed by atoms with van der Waals surface area (Å²) in [7, 11) is -3.82. The van der Waals surface area contributed by atoms with Crippen LogP contribution >= 0.6 is 11.6 Å². The summed E-state index contributed by atoms with van der Waals surface area (Å²) in [4.78, 5) is 25.1. The number of carbonyl (C=O) groups excluding carboxylic acids is 2. The standard InChI is InChI=1S/C27H27ClN2O5S/c1-27(2,3)35-25(31)15-18-7-11-22(12-8-18)29-26(32)20-10-9-19-13-14-30(24(19)16-20)36(33,34)23-6-4-5-21(28)17-23/h4-12,16-17H,13-15H2,1-3H3,(H,29,32). The highest BCUT2D eigenvalue weighted by Gasteiger charge is 2.31. The molecule has 9 heteroatoms. The number of anilines is 2. The second-order valence-electron chi connectivity index (χ2n) is 9.54. The molecular formula is C27H27ClN2O5S. The first-order chi connectivity index (χ1) is 16.9. The second-order valence-corrected chi connectivity index (χ2v) is 11.8. The van der Waals surface area contributed by atoms with Crippen molar-refractivity contribution in [2.24, 2.45) is 0 Å². The lowest BCUT2D eigenvalue weighted by molar-refractivity contribution is -0.153. The molecule has 3 aromatic carbocycles. The van der Waals surface area contributed by atoms with Crippen LogP contribution in [-0.2, 0) is 32.4 Å². The summed E-state index contributed by atoms with van der Waals surface area (Å²) >= 11 is 6.00. The number of nitrogens with one attached hydrogen (secondary N) is 1. The smallest absolute Gasteiger partial charge is 0.310 e. The first kappa shape index (κ1) is 25.7. The molecule has 0 spiro atoms. The third kappa shape index (κ3) is 5.88. The first-order valence-corrected chi connectivity index (χ1v) is 13.3. The van der Waals surface area contributed by atoms with Crippen molar-refractivity contribution in [3.63, 3.8) is 0 Å². The van der Waals surface area contributed by atoms with Gasteiger partial charge in [0.25, 0.3) is 15.9 Å². The Kier molecular flexibility index (Phi) is 7.11. The van der Waals surface area contributed by atoms with Gasteiger partial charge in [0.05, 0.1) is 17.0 Å². The number of ether oxygens (including phenoxy) is 1. The van der Waals surface area contributed by atoms with Crippen molar-refractivity contribution in [2.75, 3.05) is 16.2 Å². The van der Waals surface area contributed by atoms with Crippen LogP contribution in [0.3, 0.4) is 0 Å². The van der Waals surface area contributed by atoms with Gasteiger partial charge in [0.15, 0.2) is 0 Å². The number of carbonyl (C=O) groups is 2. The predicted octanol–water partition coefficient (Wildman–Crippen LogP) is 5.23. The average Bonchev–Trinajstić information content (AvgIpc) is 3.23. The number of benzene rings is 3. The lowest BCUT2D eigenvalue weighted by Gasteiger charge is -2.20. The van der Waals surface area contributed by atoms with Gasteiger partial charge in [0.2, 0.25) is 0 Å². The van der Waals surface area contributed by atoms with Gasteiger partial charge in [-0.1, -0.05) is 35.9 Å². The predicted molar refractivity (Wildman–Crippen MR) is 140 cm³/mol. The van der Waals surface area contributed by atoms with E-state index >= 15 is 0 Å². The molecule has 1 aliphatic rings. The largest absolute Gasteiger partial charge is 0.460 e. The van der Waals surface area contributed by atoms with E-state index in [1.807, 2.05) is 20.8 Å². The monoisotopic (exact) mass is 526 g/mol. The van der Waals surface area contributed by atoms with Crippen LogP contribution in [0.25, 0.3) is 0 Å². The molecule has 1 aliphatic heterocycles. The van der Waals surface area contributed by atoms with Gasteiger partial charge >= 0.3 is 5.97 Å². The van der Waals surface area contributed by atoms with Crippen molar-refractivity contribution in [1.29, 1.82) is 0 Å². The fourth-order valence-electron chi connectivity index (χ4n) is 3.95. The van der Waals surface area contributed by atoms with Gasteiger partial charge in [-0.15, -0.1) is 0 Å². The maximum absolute atomic E-state index is 13.2. The molecule has 0 saturated carbocycles. The summed E-state index contributed by atoms with van der Waals surface area (Å²) in [6.07, 6.45) is 0.684. The van der Waals surface area contributed by atoms with Crippen LogP contribution < -0.4 is 9.62 Å². The van der Waals surface area contributed by atoms with Crippen molar-refractivity contribution < 1.29 is 22.7 Å². The number of esters is 1. The molecule has 1 heterocycles. The minimum absolute atomic E-state index is 0.101. The quantitative estimate of drug-likeness (QED) is 0.444. The van der Waals surface area contributed by atoms with Gasteiger partial charge in [-0.3, -0.25) is 13.9 Å². The molecule has 0 atom stereocenters. The lowest BCUT2D eigenvalue weighted by atomic mass is 10.1. The Hall–Kier alpha value is -3.36. The van der Waals surface area contributed by atoms with Gasteiger partial charge in [-0.2, -0.15) is 0 Å². The summed E-state index contributed by atoms with van der Waals surface area (Å²) in [6, 6.07) is 18.1. The molecule has 0 fully saturated rings. The Morgan fingerprint density at radius 1 is 1.03 bits per heavy atom. The molecule has 0 aromatic heterocycles. The molecule has 4 rings (SSSR count). The molecule has 188 valence electrons. The van der Waals surface area contributed by atoms with E-state index < -0.39 is 15.6 Å². The highest BCUT2D eigenvalue weighted by Crippen LogP contribution is 2.34. The lowest BCUT2D eigenvalue weighted by Crippen LogP contribution is -2.29. The molecule has 0 radical (unpaired) electrons. The van der Waals surface area contributed by atoms with Crippen LogP contribution in [0.1, 0.15) is 42.3 Å². The topological polar surface area (TPSA) is 92.8 Å². The van der Waals surface area contributed by atoms with Crippen molar-refractivity contribution in [2.45, 2.75) is 44.1 Å². The van der Waals surface area contributed by atoms with Gasteiger partial charge in [-0.25, -0.2) is 8.42 Å². The first-order valence-electron chi connectivity index (χ1n) is 11.5. The normalized spacial score (nSPS) is 13.3. The van der Waals surface area contributed by atoms with Gasteiger partial charge in [0, 0.05) is 22.8 Å². The van der Waals surface area contributed by atoms with E-state index in [0.29, 0.717) is 28.4 Å². The minimum atomic E-state index is -3.82. The van der Waals surface area contributed by atoms with E-state index in [-0.39, 0.29) is 29.7 Å². The number of hydrogen-bond acceptors (Lipinski definition) is 5. The molecule has 36 heavy (non-hydrogen) atoms. The highest BCUT2D eigenvalue weighted by molar-refractivity contribution is 7.92. The molecule has 0 bridgehead atoms. The highest BCUT2D eigenvalue weighted by atomic mass is 35.5. The summed E-state index contributed by atoms with van der Waals surface area (Å²) in [5.74, 6) is -0.695. The Bertz CT molecular complexity index is 1410. The van der Waals surface area contributed by atoms with Crippen molar-refractivity contribution >= 4 is 44.9 Å². The van der Waals surface area contributed by atoms with Crippen molar-refractivity contribution in [1.82, 2.24) is 0 Å². The van der Waals surface area contributed by atoms with Crippen LogP contribution in [0.5, 0.6) is 0 Å². The Labute approximate surface area is 216 Å². The summed E-state index contributed by atoms with van der Waals surface area (Å²) in [6.45, 7) is 5.73. The van der Waals surface area contributed by atoms with Crippen LogP contribution in [0.2, 0.25) is 5.02 Å².